The summed E-state index contributed by atoms with van der Waals surface area (Å²) in [6.07, 6.45) is -2.98. The second-order valence-electron chi connectivity index (χ2n) is 4.13. The van der Waals surface area contributed by atoms with Crippen LogP contribution in [0.3, 0.4) is 0 Å². The van der Waals surface area contributed by atoms with Gasteiger partial charge in [0.05, 0.1) is 5.56 Å². The van der Waals surface area contributed by atoms with E-state index in [0.29, 0.717) is 5.75 Å². The molecule has 100 valence electrons. The number of halogens is 3. The van der Waals surface area contributed by atoms with Gasteiger partial charge in [0, 0.05) is 11.9 Å². The summed E-state index contributed by atoms with van der Waals surface area (Å²) in [6, 6.07) is 10.1. The molecule has 0 spiro atoms. The summed E-state index contributed by atoms with van der Waals surface area (Å²) in [5.74, 6) is 0.473. The van der Waals surface area contributed by atoms with Crippen LogP contribution < -0.4 is 0 Å². The van der Waals surface area contributed by atoms with Crippen LogP contribution >= 0.6 is 11.8 Å². The molecule has 19 heavy (non-hydrogen) atoms. The van der Waals surface area contributed by atoms with Crippen molar-refractivity contribution in [3.63, 3.8) is 0 Å². The zero-order valence-electron chi connectivity index (χ0n) is 10.2. The number of rotatable bonds is 3. The number of aryl methyl sites for hydroxylation is 1. The summed E-state index contributed by atoms with van der Waals surface area (Å²) in [6.45, 7) is 1.97. The van der Waals surface area contributed by atoms with E-state index in [1.807, 2.05) is 31.2 Å². The fourth-order valence-corrected chi connectivity index (χ4v) is 2.53. The highest BCUT2D eigenvalue weighted by Gasteiger charge is 2.33. The quantitative estimate of drug-likeness (QED) is 0.757. The predicted molar refractivity (Wildman–Crippen MR) is 70.0 cm³/mol. The molecule has 0 radical (unpaired) electrons. The molecule has 1 aromatic carbocycles. The Bertz CT molecular complexity index is 549. The minimum atomic E-state index is -4.36. The molecule has 1 heterocycles. The van der Waals surface area contributed by atoms with Gasteiger partial charge in [-0.2, -0.15) is 13.2 Å². The second-order valence-corrected chi connectivity index (χ2v) is 5.09. The monoisotopic (exact) mass is 283 g/mol. The minimum absolute atomic E-state index is 0.0237. The summed E-state index contributed by atoms with van der Waals surface area (Å²) in [4.78, 5) is 3.82. The molecule has 0 saturated heterocycles. The van der Waals surface area contributed by atoms with Crippen molar-refractivity contribution < 1.29 is 13.2 Å². The third-order valence-electron chi connectivity index (χ3n) is 2.57. The van der Waals surface area contributed by atoms with Crippen LogP contribution in [-0.4, -0.2) is 4.98 Å². The minimum Gasteiger partial charge on any atom is -0.249 e. The summed E-state index contributed by atoms with van der Waals surface area (Å²) < 4.78 is 38.3. The molecule has 0 unspecified atom stereocenters. The number of hydrogen-bond donors (Lipinski definition) is 0. The molecule has 0 amide bonds. The van der Waals surface area contributed by atoms with E-state index in [2.05, 4.69) is 4.98 Å². The third kappa shape index (κ3) is 3.73. The fraction of sp³-hybridized carbons (Fsp3) is 0.214. The SMILES string of the molecule is Cc1ccc(CSc2ncccc2C(F)(F)F)cc1. The lowest BCUT2D eigenvalue weighted by atomic mass is 10.2. The predicted octanol–water partition coefficient (Wildman–Crippen LogP) is 4.70. The zero-order valence-corrected chi connectivity index (χ0v) is 11.1. The molecule has 0 saturated carbocycles. The van der Waals surface area contributed by atoms with Gasteiger partial charge in [0.15, 0.2) is 0 Å². The van der Waals surface area contributed by atoms with Crippen molar-refractivity contribution in [2.24, 2.45) is 0 Å². The Kier molecular flexibility index (Phi) is 4.14. The smallest absolute Gasteiger partial charge is 0.249 e. The molecule has 1 nitrogen and oxygen atoms in total. The van der Waals surface area contributed by atoms with E-state index in [1.54, 1.807) is 0 Å². The third-order valence-corrected chi connectivity index (χ3v) is 3.65. The number of thioether (sulfide) groups is 1. The molecule has 5 heteroatoms. The average Bonchev–Trinajstić information content (AvgIpc) is 2.37. The maximum absolute atomic E-state index is 12.8. The first-order valence-electron chi connectivity index (χ1n) is 5.67. The van der Waals surface area contributed by atoms with Crippen molar-refractivity contribution in [1.82, 2.24) is 4.98 Å². The Morgan fingerprint density at radius 1 is 1.11 bits per heavy atom. The van der Waals surface area contributed by atoms with Gasteiger partial charge >= 0.3 is 6.18 Å². The van der Waals surface area contributed by atoms with Crippen LogP contribution in [0.4, 0.5) is 13.2 Å². The van der Waals surface area contributed by atoms with Gasteiger partial charge in [-0.05, 0) is 24.6 Å². The van der Waals surface area contributed by atoms with E-state index in [9.17, 15) is 13.2 Å². The van der Waals surface area contributed by atoms with Gasteiger partial charge in [-0.1, -0.05) is 29.8 Å². The number of alkyl halides is 3. The van der Waals surface area contributed by atoms with E-state index >= 15 is 0 Å². The van der Waals surface area contributed by atoms with Crippen molar-refractivity contribution in [2.45, 2.75) is 23.9 Å². The zero-order chi connectivity index (χ0) is 13.9. The normalized spacial score (nSPS) is 11.6. The molecule has 0 bridgehead atoms. The maximum Gasteiger partial charge on any atom is 0.419 e. The van der Waals surface area contributed by atoms with E-state index < -0.39 is 11.7 Å². The summed E-state index contributed by atoms with van der Waals surface area (Å²) >= 11 is 1.10. The topological polar surface area (TPSA) is 12.9 Å². The summed E-state index contributed by atoms with van der Waals surface area (Å²) in [7, 11) is 0. The highest BCUT2D eigenvalue weighted by molar-refractivity contribution is 7.98. The molecule has 2 aromatic rings. The maximum atomic E-state index is 12.8. The van der Waals surface area contributed by atoms with E-state index in [1.165, 1.54) is 12.3 Å². The van der Waals surface area contributed by atoms with Crippen molar-refractivity contribution in [3.05, 3.63) is 59.3 Å². The number of pyridine rings is 1. The lowest BCUT2D eigenvalue weighted by Crippen LogP contribution is -2.07. The Balaban J connectivity index is 2.14. The van der Waals surface area contributed by atoms with Crippen LogP contribution in [0.1, 0.15) is 16.7 Å². The molecule has 1 aromatic heterocycles. The van der Waals surface area contributed by atoms with Crippen LogP contribution in [0.25, 0.3) is 0 Å². The first kappa shape index (κ1) is 13.9. The molecule has 2 rings (SSSR count). The highest BCUT2D eigenvalue weighted by atomic mass is 32.2. The summed E-state index contributed by atoms with van der Waals surface area (Å²) in [5, 5.41) is 0.0237. The van der Waals surface area contributed by atoms with E-state index in [4.69, 9.17) is 0 Å². The van der Waals surface area contributed by atoms with Crippen molar-refractivity contribution in [1.29, 1.82) is 0 Å². The first-order chi connectivity index (χ1) is 8.97. The van der Waals surface area contributed by atoms with Gasteiger partial charge < -0.3 is 0 Å². The molecule has 0 aliphatic carbocycles. The molecular formula is C14H12F3NS. The van der Waals surface area contributed by atoms with E-state index in [-0.39, 0.29) is 5.03 Å². The Morgan fingerprint density at radius 2 is 1.79 bits per heavy atom. The average molecular weight is 283 g/mol. The van der Waals surface area contributed by atoms with Gasteiger partial charge in [0.25, 0.3) is 0 Å². The Morgan fingerprint density at radius 3 is 2.42 bits per heavy atom. The Labute approximate surface area is 113 Å². The number of benzene rings is 1. The fourth-order valence-electron chi connectivity index (χ4n) is 1.56. The van der Waals surface area contributed by atoms with Crippen molar-refractivity contribution in [2.75, 3.05) is 0 Å². The van der Waals surface area contributed by atoms with Gasteiger partial charge in [-0.15, -0.1) is 11.8 Å². The van der Waals surface area contributed by atoms with Crippen LogP contribution in [0, 0.1) is 6.92 Å². The van der Waals surface area contributed by atoms with Gasteiger partial charge in [0.2, 0.25) is 0 Å². The lowest BCUT2D eigenvalue weighted by molar-refractivity contribution is -0.140. The van der Waals surface area contributed by atoms with Crippen LogP contribution in [0.15, 0.2) is 47.6 Å². The lowest BCUT2D eigenvalue weighted by Gasteiger charge is -2.11. The van der Waals surface area contributed by atoms with Gasteiger partial charge in [-0.25, -0.2) is 4.98 Å². The molecule has 0 atom stereocenters. The van der Waals surface area contributed by atoms with Gasteiger partial charge in [-0.3, -0.25) is 0 Å². The highest BCUT2D eigenvalue weighted by Crippen LogP contribution is 2.36. The van der Waals surface area contributed by atoms with Crippen LogP contribution in [0.5, 0.6) is 0 Å². The summed E-state index contributed by atoms with van der Waals surface area (Å²) in [5.41, 5.74) is 1.43. The van der Waals surface area contributed by atoms with Crippen LogP contribution in [0.2, 0.25) is 0 Å². The molecule has 0 aliphatic rings. The van der Waals surface area contributed by atoms with Crippen molar-refractivity contribution >= 4 is 11.8 Å². The number of aromatic nitrogens is 1. The first-order valence-corrected chi connectivity index (χ1v) is 6.66. The Hall–Kier alpha value is -1.49. The molecular weight excluding hydrogens is 271 g/mol. The van der Waals surface area contributed by atoms with E-state index in [0.717, 1.165) is 29.0 Å². The second kappa shape index (κ2) is 5.65. The largest absolute Gasteiger partial charge is 0.419 e. The van der Waals surface area contributed by atoms with Gasteiger partial charge in [0.1, 0.15) is 5.03 Å². The number of hydrogen-bond acceptors (Lipinski definition) is 2. The number of nitrogens with zero attached hydrogens (tertiary/aromatic N) is 1. The molecule has 0 fully saturated rings. The standard InChI is InChI=1S/C14H12F3NS/c1-10-4-6-11(7-5-10)9-19-13-12(14(15,16)17)3-2-8-18-13/h2-8H,9H2,1H3. The van der Waals surface area contributed by atoms with Crippen LogP contribution in [-0.2, 0) is 11.9 Å². The van der Waals surface area contributed by atoms with Crippen molar-refractivity contribution in [3.8, 4) is 0 Å². The molecule has 0 N–H and O–H groups in total. The molecule has 0 aliphatic heterocycles.